The summed E-state index contributed by atoms with van der Waals surface area (Å²) in [6.45, 7) is 0.790. The Morgan fingerprint density at radius 1 is 1.23 bits per heavy atom. The van der Waals surface area contributed by atoms with Crippen LogP contribution in [0.5, 0.6) is 5.75 Å². The van der Waals surface area contributed by atoms with Gasteiger partial charge in [-0.3, -0.25) is 9.48 Å². The average molecular weight is 348 g/mol. The molecule has 0 spiro atoms. The van der Waals surface area contributed by atoms with E-state index < -0.39 is 0 Å². The number of benzene rings is 2. The Labute approximate surface area is 151 Å². The Morgan fingerprint density at radius 2 is 2.04 bits per heavy atom. The number of aromatic nitrogens is 2. The zero-order valence-electron chi connectivity index (χ0n) is 14.3. The summed E-state index contributed by atoms with van der Waals surface area (Å²) in [5.74, 6) is 0.754. The maximum atomic E-state index is 12.4. The van der Waals surface area contributed by atoms with Crippen LogP contribution < -0.4 is 15.8 Å². The Hall–Kier alpha value is -3.28. The normalized spacial score (nSPS) is 15.8. The van der Waals surface area contributed by atoms with Crippen molar-refractivity contribution in [2.24, 2.45) is 0 Å². The summed E-state index contributed by atoms with van der Waals surface area (Å²) >= 11 is 0. The third-order valence-corrected chi connectivity index (χ3v) is 4.49. The number of anilines is 1. The number of nitrogens with zero attached hydrogens (tertiary/aromatic N) is 2. The van der Waals surface area contributed by atoms with Gasteiger partial charge in [-0.15, -0.1) is 0 Å². The molecule has 6 heteroatoms. The van der Waals surface area contributed by atoms with E-state index >= 15 is 0 Å². The topological polar surface area (TPSA) is 82.2 Å². The quantitative estimate of drug-likeness (QED) is 0.710. The van der Waals surface area contributed by atoms with Gasteiger partial charge in [-0.25, -0.2) is 0 Å². The van der Waals surface area contributed by atoms with Gasteiger partial charge in [0.25, 0.3) is 0 Å². The Morgan fingerprint density at radius 3 is 2.81 bits per heavy atom. The predicted octanol–water partition coefficient (Wildman–Crippen LogP) is 2.77. The molecule has 132 valence electrons. The predicted molar refractivity (Wildman–Crippen MR) is 99.5 cm³/mol. The van der Waals surface area contributed by atoms with E-state index in [0.29, 0.717) is 6.61 Å². The summed E-state index contributed by atoms with van der Waals surface area (Å²) in [6.07, 6.45) is 4.18. The van der Waals surface area contributed by atoms with Crippen LogP contribution in [-0.4, -0.2) is 22.3 Å². The second-order valence-electron chi connectivity index (χ2n) is 6.34. The molecule has 1 atom stereocenters. The van der Waals surface area contributed by atoms with Gasteiger partial charge in [0, 0.05) is 30.1 Å². The van der Waals surface area contributed by atoms with Crippen LogP contribution in [0.1, 0.15) is 18.0 Å². The number of hydrogen-bond acceptors (Lipinski definition) is 4. The smallest absolute Gasteiger partial charge is 0.242 e. The summed E-state index contributed by atoms with van der Waals surface area (Å²) < 4.78 is 7.37. The van der Waals surface area contributed by atoms with Crippen LogP contribution in [-0.2, 0) is 11.3 Å². The molecule has 26 heavy (non-hydrogen) atoms. The molecule has 3 N–H and O–H groups in total. The molecule has 0 saturated carbocycles. The summed E-state index contributed by atoms with van der Waals surface area (Å²) in [5, 5.41) is 7.18. The van der Waals surface area contributed by atoms with Crippen LogP contribution in [0.2, 0.25) is 0 Å². The van der Waals surface area contributed by atoms with Crippen molar-refractivity contribution in [3.63, 3.8) is 0 Å². The first-order valence-electron chi connectivity index (χ1n) is 8.58. The van der Waals surface area contributed by atoms with Crippen LogP contribution in [0.3, 0.4) is 0 Å². The molecule has 0 fully saturated rings. The zero-order chi connectivity index (χ0) is 17.9. The van der Waals surface area contributed by atoms with Gasteiger partial charge in [0.05, 0.1) is 12.6 Å². The highest BCUT2D eigenvalue weighted by molar-refractivity contribution is 5.76. The molecule has 0 saturated heterocycles. The van der Waals surface area contributed by atoms with Crippen molar-refractivity contribution in [3.05, 3.63) is 66.5 Å². The van der Waals surface area contributed by atoms with Gasteiger partial charge < -0.3 is 15.8 Å². The Kier molecular flexibility index (Phi) is 4.31. The van der Waals surface area contributed by atoms with Crippen molar-refractivity contribution in [1.82, 2.24) is 15.1 Å². The van der Waals surface area contributed by atoms with E-state index in [2.05, 4.69) is 16.5 Å². The molecular formula is C20H20N4O2. The van der Waals surface area contributed by atoms with Gasteiger partial charge in [0.2, 0.25) is 5.91 Å². The van der Waals surface area contributed by atoms with E-state index in [-0.39, 0.29) is 18.5 Å². The fourth-order valence-electron chi connectivity index (χ4n) is 3.18. The summed E-state index contributed by atoms with van der Waals surface area (Å²) in [4.78, 5) is 12.4. The van der Waals surface area contributed by atoms with E-state index in [4.69, 9.17) is 10.5 Å². The van der Waals surface area contributed by atoms with E-state index in [1.165, 1.54) is 0 Å². The average Bonchev–Trinajstić information content (AvgIpc) is 3.15. The standard InChI is InChI=1S/C20H20N4O2/c21-16-5-2-14(3-6-16)15-4-7-19-17(12-15)18(8-11-26-19)23-20(25)13-24-10-1-9-22-24/h1-7,9-10,12,18H,8,11,13,21H2,(H,23,25). The molecule has 4 rings (SSSR count). The summed E-state index contributed by atoms with van der Waals surface area (Å²) in [5.41, 5.74) is 9.66. The number of ether oxygens (including phenoxy) is 1. The number of carbonyl (C=O) groups excluding carboxylic acids is 1. The summed E-state index contributed by atoms with van der Waals surface area (Å²) in [7, 11) is 0. The van der Waals surface area contributed by atoms with Crippen LogP contribution in [0.25, 0.3) is 11.1 Å². The van der Waals surface area contributed by atoms with Crippen molar-refractivity contribution in [2.45, 2.75) is 19.0 Å². The van der Waals surface area contributed by atoms with Crippen LogP contribution >= 0.6 is 0 Å². The third kappa shape index (κ3) is 3.39. The Balaban J connectivity index is 1.57. The lowest BCUT2D eigenvalue weighted by Gasteiger charge is -2.27. The van der Waals surface area contributed by atoms with E-state index in [1.807, 2.05) is 36.4 Å². The minimum Gasteiger partial charge on any atom is -0.493 e. The monoisotopic (exact) mass is 348 g/mol. The molecule has 3 aromatic rings. The molecule has 0 aliphatic carbocycles. The third-order valence-electron chi connectivity index (χ3n) is 4.49. The van der Waals surface area contributed by atoms with E-state index in [9.17, 15) is 4.79 Å². The highest BCUT2D eigenvalue weighted by atomic mass is 16.5. The fourth-order valence-corrected chi connectivity index (χ4v) is 3.18. The number of nitrogen functional groups attached to an aromatic ring is 1. The van der Waals surface area contributed by atoms with E-state index in [1.54, 1.807) is 23.1 Å². The lowest BCUT2D eigenvalue weighted by molar-refractivity contribution is -0.122. The highest BCUT2D eigenvalue weighted by Crippen LogP contribution is 2.35. The number of hydrogen-bond donors (Lipinski definition) is 2. The zero-order valence-corrected chi connectivity index (χ0v) is 14.3. The van der Waals surface area contributed by atoms with Crippen LogP contribution in [0.4, 0.5) is 5.69 Å². The van der Waals surface area contributed by atoms with Gasteiger partial charge in [-0.2, -0.15) is 5.10 Å². The lowest BCUT2D eigenvalue weighted by Crippen LogP contribution is -2.34. The largest absolute Gasteiger partial charge is 0.493 e. The lowest BCUT2D eigenvalue weighted by atomic mass is 9.95. The van der Waals surface area contributed by atoms with Gasteiger partial charge >= 0.3 is 0 Å². The number of nitrogens with two attached hydrogens (primary N) is 1. The van der Waals surface area contributed by atoms with Crippen LogP contribution in [0.15, 0.2) is 60.9 Å². The van der Waals surface area contributed by atoms with Gasteiger partial charge in [-0.1, -0.05) is 18.2 Å². The minimum absolute atomic E-state index is 0.0653. The summed E-state index contributed by atoms with van der Waals surface area (Å²) in [6, 6.07) is 15.6. The fraction of sp³-hybridized carbons (Fsp3) is 0.200. The van der Waals surface area contributed by atoms with E-state index in [0.717, 1.165) is 34.5 Å². The molecular weight excluding hydrogens is 328 g/mol. The van der Waals surface area contributed by atoms with Crippen molar-refractivity contribution in [3.8, 4) is 16.9 Å². The first kappa shape index (κ1) is 16.2. The molecule has 1 aliphatic heterocycles. The van der Waals surface area contributed by atoms with Gasteiger partial charge in [-0.05, 0) is 41.5 Å². The molecule has 1 unspecified atom stereocenters. The Bertz CT molecular complexity index is 904. The molecule has 1 amide bonds. The minimum atomic E-state index is -0.0736. The van der Waals surface area contributed by atoms with Crippen molar-refractivity contribution in [2.75, 3.05) is 12.3 Å². The highest BCUT2D eigenvalue weighted by Gasteiger charge is 2.23. The van der Waals surface area contributed by atoms with Crippen molar-refractivity contribution < 1.29 is 9.53 Å². The number of carbonyl (C=O) groups is 1. The first-order chi connectivity index (χ1) is 12.7. The van der Waals surface area contributed by atoms with Crippen LogP contribution in [0, 0.1) is 0 Å². The van der Waals surface area contributed by atoms with Crippen molar-refractivity contribution in [1.29, 1.82) is 0 Å². The van der Waals surface area contributed by atoms with Crippen molar-refractivity contribution >= 4 is 11.6 Å². The molecule has 2 aromatic carbocycles. The van der Waals surface area contributed by atoms with Gasteiger partial charge in [0.15, 0.2) is 0 Å². The maximum Gasteiger partial charge on any atom is 0.242 e. The molecule has 1 aliphatic rings. The van der Waals surface area contributed by atoms with Gasteiger partial charge in [0.1, 0.15) is 12.3 Å². The molecule has 2 heterocycles. The number of rotatable bonds is 4. The first-order valence-corrected chi connectivity index (χ1v) is 8.58. The number of amides is 1. The molecule has 6 nitrogen and oxygen atoms in total. The molecule has 1 aromatic heterocycles. The molecule has 0 radical (unpaired) electrons. The second kappa shape index (κ2) is 6.92. The number of nitrogens with one attached hydrogen (secondary N) is 1. The maximum absolute atomic E-state index is 12.4. The number of fused-ring (bicyclic) bond motifs is 1. The molecule has 0 bridgehead atoms. The SMILES string of the molecule is Nc1ccc(-c2ccc3c(c2)C(NC(=O)Cn2cccn2)CCO3)cc1. The second-order valence-corrected chi connectivity index (χ2v) is 6.34.